The molecule has 174 valence electrons. The minimum atomic E-state index is -3.39. The van der Waals surface area contributed by atoms with Crippen molar-refractivity contribution >= 4 is 19.3 Å². The van der Waals surface area contributed by atoms with Crippen LogP contribution in [0.1, 0.15) is 40.0 Å². The van der Waals surface area contributed by atoms with Gasteiger partial charge in [0, 0.05) is 38.0 Å². The first kappa shape index (κ1) is 25.4. The van der Waals surface area contributed by atoms with Crippen LogP contribution in [0.4, 0.5) is 5.82 Å². The lowest BCUT2D eigenvalue weighted by molar-refractivity contribution is -0.167. The number of aromatic nitrogens is 2. The molecule has 2 rings (SSSR count). The summed E-state index contributed by atoms with van der Waals surface area (Å²) in [5.74, 6) is 0.976. The number of anilines is 1. The lowest BCUT2D eigenvalue weighted by Gasteiger charge is -2.25. The van der Waals surface area contributed by atoms with E-state index >= 15 is 0 Å². The number of ether oxygens (including phenoxy) is 2. The van der Waals surface area contributed by atoms with Gasteiger partial charge in [-0.2, -0.15) is 4.98 Å². The molecule has 2 atom stereocenters. The van der Waals surface area contributed by atoms with E-state index < -0.39 is 13.3 Å². The Morgan fingerprint density at radius 3 is 2.71 bits per heavy atom. The average molecular weight is 457 g/mol. The van der Waals surface area contributed by atoms with E-state index in [2.05, 4.69) is 10.3 Å². The molecule has 0 aromatic carbocycles. The van der Waals surface area contributed by atoms with Crippen LogP contribution in [0, 0.1) is 5.92 Å². The summed E-state index contributed by atoms with van der Waals surface area (Å²) in [7, 11) is -3.39. The van der Waals surface area contributed by atoms with Gasteiger partial charge in [-0.3, -0.25) is 13.9 Å². The van der Waals surface area contributed by atoms with Crippen LogP contribution < -0.4 is 11.0 Å². The number of amides is 1. The molecule has 31 heavy (non-hydrogen) atoms. The van der Waals surface area contributed by atoms with Crippen LogP contribution in [0.15, 0.2) is 29.0 Å². The minimum absolute atomic E-state index is 0.185. The largest absolute Gasteiger partial charge is 0.353 e. The van der Waals surface area contributed by atoms with Gasteiger partial charge >= 0.3 is 13.3 Å². The molecule has 0 aliphatic carbocycles. The first-order chi connectivity index (χ1) is 14.8. The number of carbonyl (C=O) groups is 1. The van der Waals surface area contributed by atoms with Gasteiger partial charge in [0.1, 0.15) is 5.82 Å². The van der Waals surface area contributed by atoms with Gasteiger partial charge in [0.2, 0.25) is 5.91 Å². The number of hydrogen-bond acceptors (Lipinski definition) is 8. The average Bonchev–Trinajstić information content (AvgIpc) is 2.72. The number of rotatable bonds is 12. The van der Waals surface area contributed by atoms with Crippen molar-refractivity contribution in [3.05, 3.63) is 34.6 Å². The Labute approximate surface area is 182 Å². The molecule has 0 bridgehead atoms. The van der Waals surface area contributed by atoms with E-state index in [1.807, 2.05) is 0 Å². The molecule has 1 fully saturated rings. The Hall–Kier alpha value is -1.84. The lowest BCUT2D eigenvalue weighted by atomic mass is 10.1. The van der Waals surface area contributed by atoms with Crippen molar-refractivity contribution in [3.63, 3.8) is 0 Å². The molecule has 10 nitrogen and oxygen atoms in total. The molecule has 1 aromatic heterocycles. The van der Waals surface area contributed by atoms with Crippen LogP contribution in [0.2, 0.25) is 0 Å². The van der Waals surface area contributed by atoms with Crippen molar-refractivity contribution in [1.82, 2.24) is 9.55 Å². The molecule has 0 spiro atoms. The van der Waals surface area contributed by atoms with Crippen LogP contribution in [0.25, 0.3) is 0 Å². The molecule has 1 aliphatic rings. The zero-order valence-electron chi connectivity index (χ0n) is 18.3. The SMILES string of the molecule is CCOP(=O)(/C=C/[C@@H](CO[C@H]1CCCCO1)Cn1ccc(NC(C)=O)nc1=O)OCC. The van der Waals surface area contributed by atoms with Crippen LogP contribution in [-0.2, 0) is 34.4 Å². The van der Waals surface area contributed by atoms with Gasteiger partial charge in [0.15, 0.2) is 6.29 Å². The fraction of sp³-hybridized carbons (Fsp3) is 0.650. The number of nitrogens with one attached hydrogen (secondary N) is 1. The predicted octanol–water partition coefficient (Wildman–Crippen LogP) is 3.14. The Morgan fingerprint density at radius 1 is 1.39 bits per heavy atom. The maximum Gasteiger partial charge on any atom is 0.353 e. The highest BCUT2D eigenvalue weighted by molar-refractivity contribution is 7.57. The lowest BCUT2D eigenvalue weighted by Crippen LogP contribution is -2.30. The summed E-state index contributed by atoms with van der Waals surface area (Å²) in [6, 6.07) is 1.54. The van der Waals surface area contributed by atoms with Crippen LogP contribution >= 0.6 is 7.60 Å². The van der Waals surface area contributed by atoms with E-state index in [1.165, 1.54) is 17.3 Å². The van der Waals surface area contributed by atoms with Gasteiger partial charge < -0.3 is 23.8 Å². The van der Waals surface area contributed by atoms with Crippen molar-refractivity contribution in [2.45, 2.75) is 52.9 Å². The number of carbonyl (C=O) groups excluding carboxylic acids is 1. The zero-order valence-corrected chi connectivity index (χ0v) is 19.2. The van der Waals surface area contributed by atoms with Gasteiger partial charge in [-0.05, 0) is 39.2 Å². The monoisotopic (exact) mass is 457 g/mol. The Bertz CT molecular complexity index is 826. The maximum absolute atomic E-state index is 12.8. The Kier molecular flexibility index (Phi) is 10.6. The topological polar surface area (TPSA) is 118 Å². The van der Waals surface area contributed by atoms with Crippen molar-refractivity contribution in [1.29, 1.82) is 0 Å². The molecule has 1 amide bonds. The van der Waals surface area contributed by atoms with E-state index in [-0.39, 0.29) is 50.3 Å². The molecule has 0 radical (unpaired) electrons. The van der Waals surface area contributed by atoms with E-state index in [1.54, 1.807) is 32.2 Å². The Balaban J connectivity index is 2.16. The van der Waals surface area contributed by atoms with Crippen molar-refractivity contribution < 1.29 is 27.9 Å². The van der Waals surface area contributed by atoms with Gasteiger partial charge in [-0.15, -0.1) is 0 Å². The predicted molar refractivity (Wildman–Crippen MR) is 116 cm³/mol. The van der Waals surface area contributed by atoms with Gasteiger partial charge in [0.05, 0.1) is 19.8 Å². The molecule has 0 unspecified atom stereocenters. The smallest absolute Gasteiger partial charge is 0.353 e. The van der Waals surface area contributed by atoms with E-state index in [0.29, 0.717) is 6.61 Å². The van der Waals surface area contributed by atoms with Crippen molar-refractivity contribution in [2.75, 3.05) is 31.7 Å². The molecule has 1 N–H and O–H groups in total. The summed E-state index contributed by atoms with van der Waals surface area (Å²) in [6.45, 7) is 6.44. The van der Waals surface area contributed by atoms with E-state index in [4.69, 9.17) is 18.5 Å². The summed E-state index contributed by atoms with van der Waals surface area (Å²) in [5.41, 5.74) is -0.517. The molecule has 1 aliphatic heterocycles. The molecule has 11 heteroatoms. The second-order valence-electron chi connectivity index (χ2n) is 7.04. The van der Waals surface area contributed by atoms with E-state index in [9.17, 15) is 14.2 Å². The van der Waals surface area contributed by atoms with Crippen LogP contribution in [-0.4, -0.2) is 48.2 Å². The maximum atomic E-state index is 12.8. The fourth-order valence-electron chi connectivity index (χ4n) is 3.02. The van der Waals surface area contributed by atoms with Crippen molar-refractivity contribution in [3.8, 4) is 0 Å². The summed E-state index contributed by atoms with van der Waals surface area (Å²) >= 11 is 0. The fourth-order valence-corrected chi connectivity index (χ4v) is 4.44. The summed E-state index contributed by atoms with van der Waals surface area (Å²) in [6.07, 6.45) is 5.78. The molecule has 1 saturated heterocycles. The third kappa shape index (κ3) is 9.04. The standard InChI is InChI=1S/C20H32N3O7P/c1-4-29-31(26,30-5-2)13-10-17(15-28-19-8-6-7-12-27-19)14-23-11-9-18(21-16(3)24)22-20(23)25/h9-11,13,17,19H,4-8,12,14-15H2,1-3H3,(H,21,22,24,25)/b13-10+/t17-,19+/m1/s1. The third-order valence-corrected chi connectivity index (χ3v) is 6.18. The molecule has 2 heterocycles. The number of nitrogens with zero attached hydrogens (tertiary/aromatic N) is 2. The van der Waals surface area contributed by atoms with E-state index in [0.717, 1.165) is 19.3 Å². The first-order valence-corrected chi connectivity index (χ1v) is 12.1. The summed E-state index contributed by atoms with van der Waals surface area (Å²) in [4.78, 5) is 27.4. The molecular weight excluding hydrogens is 425 g/mol. The van der Waals surface area contributed by atoms with Gasteiger partial charge in [0.25, 0.3) is 0 Å². The highest BCUT2D eigenvalue weighted by atomic mass is 31.2. The minimum Gasteiger partial charge on any atom is -0.353 e. The molecule has 0 saturated carbocycles. The number of hydrogen-bond donors (Lipinski definition) is 1. The second kappa shape index (κ2) is 12.9. The second-order valence-corrected chi connectivity index (χ2v) is 8.93. The molecule has 1 aromatic rings. The van der Waals surface area contributed by atoms with Gasteiger partial charge in [-0.25, -0.2) is 4.79 Å². The first-order valence-electron chi connectivity index (χ1n) is 10.5. The highest BCUT2D eigenvalue weighted by Gasteiger charge is 2.22. The van der Waals surface area contributed by atoms with Crippen LogP contribution in [0.3, 0.4) is 0 Å². The third-order valence-electron chi connectivity index (χ3n) is 4.40. The zero-order chi connectivity index (χ0) is 22.7. The summed E-state index contributed by atoms with van der Waals surface area (Å²) in [5, 5.41) is 2.48. The highest BCUT2D eigenvalue weighted by Crippen LogP contribution is 2.49. The van der Waals surface area contributed by atoms with Gasteiger partial charge in [-0.1, -0.05) is 6.08 Å². The molecular formula is C20H32N3O7P. The normalized spacial score (nSPS) is 18.2. The van der Waals surface area contributed by atoms with Crippen molar-refractivity contribution in [2.24, 2.45) is 5.92 Å². The Morgan fingerprint density at radius 2 is 2.13 bits per heavy atom. The quantitative estimate of drug-likeness (QED) is 0.476. The van der Waals surface area contributed by atoms with Crippen LogP contribution in [0.5, 0.6) is 0 Å². The summed E-state index contributed by atoms with van der Waals surface area (Å²) < 4.78 is 36.3.